The lowest BCUT2D eigenvalue weighted by molar-refractivity contribution is -0.135. The normalized spacial score (nSPS) is 25.6. The van der Waals surface area contributed by atoms with Gasteiger partial charge in [0.05, 0.1) is 0 Å². The van der Waals surface area contributed by atoms with Crippen molar-refractivity contribution in [3.63, 3.8) is 0 Å². The first-order valence-corrected chi connectivity index (χ1v) is 9.26. The van der Waals surface area contributed by atoms with Gasteiger partial charge < -0.3 is 9.84 Å². The van der Waals surface area contributed by atoms with Crippen LogP contribution >= 0.6 is 0 Å². The van der Waals surface area contributed by atoms with E-state index in [0.717, 1.165) is 31.1 Å². The monoisotopic (exact) mass is 322 g/mol. The maximum Gasteiger partial charge on any atom is 0.345 e. The molecule has 4 heteroatoms. The van der Waals surface area contributed by atoms with Gasteiger partial charge in [-0.2, -0.15) is 0 Å². The highest BCUT2D eigenvalue weighted by Gasteiger charge is 2.35. The molecular weight excluding hydrogens is 292 g/mol. The van der Waals surface area contributed by atoms with Gasteiger partial charge in [0.2, 0.25) is 5.78 Å². The number of cyclic esters (lactones) is 1. The lowest BCUT2D eigenvalue weighted by atomic mass is 10.0. The average Bonchev–Trinajstić information content (AvgIpc) is 3.19. The number of allylic oxidation sites excluding steroid dienone is 1. The molecule has 0 spiro atoms. The predicted octanol–water partition coefficient (Wildman–Crippen LogP) is 4.48. The van der Waals surface area contributed by atoms with Gasteiger partial charge in [0.15, 0.2) is 6.61 Å². The van der Waals surface area contributed by atoms with Gasteiger partial charge in [-0.3, -0.25) is 4.79 Å². The molecule has 0 amide bonds. The Hall–Kier alpha value is -1.32. The van der Waals surface area contributed by atoms with E-state index in [2.05, 4.69) is 11.7 Å². The number of carbonyl (C=O) groups excluding carboxylic acids is 2. The molecule has 2 aliphatic rings. The summed E-state index contributed by atoms with van der Waals surface area (Å²) in [6.07, 6.45) is 12.9. The van der Waals surface area contributed by atoms with Crippen LogP contribution in [0.1, 0.15) is 77.6 Å². The molecule has 2 fully saturated rings. The molecule has 0 bridgehead atoms. The van der Waals surface area contributed by atoms with E-state index in [9.17, 15) is 14.7 Å². The fourth-order valence-electron chi connectivity index (χ4n) is 3.51. The van der Waals surface area contributed by atoms with E-state index < -0.39 is 11.8 Å². The summed E-state index contributed by atoms with van der Waals surface area (Å²) in [5, 5.41) is 9.83. The minimum absolute atomic E-state index is 0.0887. The lowest BCUT2D eigenvalue weighted by Gasteiger charge is -2.03. The molecular formula is C19H30O4. The molecule has 0 radical (unpaired) electrons. The number of ketones is 1. The molecule has 130 valence electrons. The quantitative estimate of drug-likeness (QED) is 0.200. The number of Topliss-reactive ketones (excluding diaryl/α,β-unsaturated/α-hetero) is 1. The maximum atomic E-state index is 11.4. The highest BCUT2D eigenvalue weighted by atomic mass is 16.5. The Morgan fingerprint density at radius 2 is 1.70 bits per heavy atom. The van der Waals surface area contributed by atoms with Crippen molar-refractivity contribution >= 4 is 11.8 Å². The first-order chi connectivity index (χ1) is 11.1. The van der Waals surface area contributed by atoms with Crippen LogP contribution in [-0.2, 0) is 14.3 Å². The number of ether oxygens (including phenoxy) is 1. The summed E-state index contributed by atoms with van der Waals surface area (Å²) < 4.78 is 4.61. The number of aliphatic hydroxyl groups excluding tert-OH is 1. The average molecular weight is 322 g/mol. The Balaban J connectivity index is 1.48. The second kappa shape index (κ2) is 9.09. The maximum absolute atomic E-state index is 11.4. The summed E-state index contributed by atoms with van der Waals surface area (Å²) in [6.45, 7) is 2.04. The van der Waals surface area contributed by atoms with E-state index in [0.29, 0.717) is 6.42 Å². The van der Waals surface area contributed by atoms with E-state index in [-0.39, 0.29) is 17.9 Å². The molecule has 2 rings (SSSR count). The van der Waals surface area contributed by atoms with Crippen LogP contribution in [-0.4, -0.2) is 23.5 Å². The SMILES string of the molecule is CCCCC1CC1CCCCCCC/C(O)=C1/C(=O)COC1=O. The van der Waals surface area contributed by atoms with Crippen molar-refractivity contribution in [1.29, 1.82) is 0 Å². The van der Waals surface area contributed by atoms with Crippen molar-refractivity contribution in [1.82, 2.24) is 0 Å². The van der Waals surface area contributed by atoms with E-state index in [4.69, 9.17) is 0 Å². The van der Waals surface area contributed by atoms with E-state index in [1.54, 1.807) is 0 Å². The largest absolute Gasteiger partial charge is 0.511 e. The highest BCUT2D eigenvalue weighted by Crippen LogP contribution is 2.45. The Bertz CT molecular complexity index is 434. The first kappa shape index (κ1) is 18.0. The van der Waals surface area contributed by atoms with Crippen molar-refractivity contribution in [2.45, 2.75) is 77.6 Å². The first-order valence-electron chi connectivity index (χ1n) is 9.26. The molecule has 2 unspecified atom stereocenters. The molecule has 1 aliphatic heterocycles. The zero-order chi connectivity index (χ0) is 16.7. The molecule has 0 aromatic carbocycles. The molecule has 1 saturated heterocycles. The van der Waals surface area contributed by atoms with Crippen LogP contribution in [0.5, 0.6) is 0 Å². The summed E-state index contributed by atoms with van der Waals surface area (Å²) in [5.74, 6) is 0.857. The Morgan fingerprint density at radius 1 is 1.04 bits per heavy atom. The molecule has 1 N–H and O–H groups in total. The number of unbranched alkanes of at least 4 members (excludes halogenated alkanes) is 5. The van der Waals surface area contributed by atoms with Crippen molar-refractivity contribution in [3.8, 4) is 0 Å². The van der Waals surface area contributed by atoms with Crippen LogP contribution in [0.2, 0.25) is 0 Å². The van der Waals surface area contributed by atoms with Gasteiger partial charge in [0.1, 0.15) is 11.3 Å². The molecule has 23 heavy (non-hydrogen) atoms. The summed E-state index contributed by atoms with van der Waals surface area (Å²) in [4.78, 5) is 22.7. The molecule has 4 nitrogen and oxygen atoms in total. The number of carbonyl (C=O) groups is 2. The number of hydrogen-bond donors (Lipinski definition) is 1. The Labute approximate surface area is 139 Å². The third-order valence-corrected chi connectivity index (χ3v) is 5.09. The third-order valence-electron chi connectivity index (χ3n) is 5.09. The standard InChI is InChI=1S/C19H30O4/c1-2-3-9-14-12-15(14)10-7-5-4-6-8-11-16(20)18-17(21)13-23-19(18)22/h14-15,20H,2-13H2,1H3/b18-16+. The smallest absolute Gasteiger partial charge is 0.345 e. The number of hydrogen-bond acceptors (Lipinski definition) is 4. The lowest BCUT2D eigenvalue weighted by Crippen LogP contribution is -2.05. The predicted molar refractivity (Wildman–Crippen MR) is 89.1 cm³/mol. The van der Waals surface area contributed by atoms with Gasteiger partial charge in [0.25, 0.3) is 0 Å². The number of aliphatic hydroxyl groups is 1. The van der Waals surface area contributed by atoms with Crippen molar-refractivity contribution < 1.29 is 19.4 Å². The topological polar surface area (TPSA) is 63.6 Å². The fourth-order valence-corrected chi connectivity index (χ4v) is 3.51. The number of esters is 1. The second-order valence-electron chi connectivity index (χ2n) is 7.03. The van der Waals surface area contributed by atoms with Crippen LogP contribution in [0.3, 0.4) is 0 Å². The summed E-state index contributed by atoms with van der Waals surface area (Å²) in [6, 6.07) is 0. The van der Waals surface area contributed by atoms with Crippen LogP contribution in [0.25, 0.3) is 0 Å². The molecule has 0 aromatic rings. The van der Waals surface area contributed by atoms with E-state index >= 15 is 0 Å². The van der Waals surface area contributed by atoms with Crippen LogP contribution < -0.4 is 0 Å². The van der Waals surface area contributed by atoms with Crippen LogP contribution in [0, 0.1) is 11.8 Å². The fraction of sp³-hybridized carbons (Fsp3) is 0.789. The van der Waals surface area contributed by atoms with Crippen LogP contribution in [0.15, 0.2) is 11.3 Å². The zero-order valence-electron chi connectivity index (χ0n) is 14.3. The summed E-state index contributed by atoms with van der Waals surface area (Å²) >= 11 is 0. The van der Waals surface area contributed by atoms with Crippen molar-refractivity contribution in [2.24, 2.45) is 11.8 Å². The van der Waals surface area contributed by atoms with Gasteiger partial charge in [-0.05, 0) is 24.7 Å². The highest BCUT2D eigenvalue weighted by molar-refractivity contribution is 6.22. The molecule has 0 aromatic heterocycles. The molecule has 1 heterocycles. The minimum atomic E-state index is -0.672. The minimum Gasteiger partial charge on any atom is -0.511 e. The van der Waals surface area contributed by atoms with Gasteiger partial charge in [-0.1, -0.05) is 58.3 Å². The Morgan fingerprint density at radius 3 is 2.35 bits per heavy atom. The van der Waals surface area contributed by atoms with Gasteiger partial charge in [0, 0.05) is 6.42 Å². The van der Waals surface area contributed by atoms with Crippen LogP contribution in [0.4, 0.5) is 0 Å². The third kappa shape index (κ3) is 5.67. The molecule has 1 aliphatic carbocycles. The number of rotatable bonds is 11. The zero-order valence-corrected chi connectivity index (χ0v) is 14.3. The second-order valence-corrected chi connectivity index (χ2v) is 7.03. The van der Waals surface area contributed by atoms with Crippen molar-refractivity contribution in [3.05, 3.63) is 11.3 Å². The molecule has 1 saturated carbocycles. The van der Waals surface area contributed by atoms with E-state index in [1.165, 1.54) is 44.9 Å². The van der Waals surface area contributed by atoms with Gasteiger partial charge in [-0.15, -0.1) is 0 Å². The van der Waals surface area contributed by atoms with Crippen molar-refractivity contribution in [2.75, 3.05) is 6.61 Å². The Kier molecular flexibility index (Phi) is 7.13. The summed E-state index contributed by atoms with van der Waals surface area (Å²) in [5.41, 5.74) is -0.128. The van der Waals surface area contributed by atoms with Gasteiger partial charge in [-0.25, -0.2) is 4.79 Å². The summed E-state index contributed by atoms with van der Waals surface area (Å²) in [7, 11) is 0. The van der Waals surface area contributed by atoms with Gasteiger partial charge >= 0.3 is 5.97 Å². The molecule has 2 atom stereocenters. The van der Waals surface area contributed by atoms with E-state index in [1.807, 2.05) is 0 Å².